The predicted molar refractivity (Wildman–Crippen MR) is 126 cm³/mol. The zero-order valence-corrected chi connectivity index (χ0v) is 20.1. The summed E-state index contributed by atoms with van der Waals surface area (Å²) in [6, 6.07) is 1.90. The van der Waals surface area contributed by atoms with Crippen molar-refractivity contribution in [3.8, 4) is 0 Å². The Morgan fingerprint density at radius 3 is 2.50 bits per heavy atom. The van der Waals surface area contributed by atoms with E-state index in [9.17, 15) is 22.8 Å². The molecule has 1 saturated carbocycles. The maximum atomic E-state index is 13.4. The molecule has 6 nitrogen and oxygen atoms in total. The number of aromatic nitrogens is 1. The maximum absolute atomic E-state index is 13.4. The number of alkyl halides is 3. The van der Waals surface area contributed by atoms with E-state index in [0.717, 1.165) is 50.8 Å². The van der Waals surface area contributed by atoms with Crippen LogP contribution in [0.15, 0.2) is 16.9 Å². The zero-order chi connectivity index (χ0) is 24.3. The van der Waals surface area contributed by atoms with E-state index in [2.05, 4.69) is 14.6 Å². The minimum Gasteiger partial charge on any atom is -0.469 e. The number of benzene rings is 1. The molecule has 1 aromatic carbocycles. The summed E-state index contributed by atoms with van der Waals surface area (Å²) in [7, 11) is 1.24. The van der Waals surface area contributed by atoms with Crippen molar-refractivity contribution >= 4 is 32.5 Å². The minimum absolute atomic E-state index is 0.0561. The number of nitrogens with zero attached hydrogens (tertiary/aromatic N) is 3. The lowest BCUT2D eigenvalue weighted by molar-refractivity contribution is -0.140. The molecule has 0 radical (unpaired) electrons. The van der Waals surface area contributed by atoms with Crippen molar-refractivity contribution in [2.24, 2.45) is 5.92 Å². The number of hydrogen-bond acceptors (Lipinski definition) is 7. The average molecular weight is 498 g/mol. The number of rotatable bonds is 6. The fraction of sp³-hybridized carbons (Fsp3) is 0.625. The zero-order valence-electron chi connectivity index (χ0n) is 19.3. The van der Waals surface area contributed by atoms with Gasteiger partial charge in [-0.15, -0.1) is 0 Å². The molecule has 0 atom stereocenters. The summed E-state index contributed by atoms with van der Waals surface area (Å²) < 4.78 is 45.4. The molecule has 10 heteroatoms. The van der Waals surface area contributed by atoms with Crippen LogP contribution in [0.2, 0.25) is 0 Å². The first kappa shape index (κ1) is 24.9. The van der Waals surface area contributed by atoms with Crippen LogP contribution in [0.4, 0.5) is 18.3 Å². The van der Waals surface area contributed by atoms with E-state index in [0.29, 0.717) is 15.4 Å². The largest absolute Gasteiger partial charge is 0.469 e. The number of carbonyl (C=O) groups excluding carboxylic acids is 1. The molecule has 0 bridgehead atoms. The van der Waals surface area contributed by atoms with E-state index in [4.69, 9.17) is 0 Å². The Morgan fingerprint density at radius 2 is 1.85 bits per heavy atom. The average Bonchev–Trinajstić information content (AvgIpc) is 2.82. The summed E-state index contributed by atoms with van der Waals surface area (Å²) >= 11 is 1.23. The van der Waals surface area contributed by atoms with E-state index >= 15 is 0 Å². The quantitative estimate of drug-likeness (QED) is 0.549. The smallest absolute Gasteiger partial charge is 0.416 e. The second kappa shape index (κ2) is 10.6. The van der Waals surface area contributed by atoms with Gasteiger partial charge in [0.25, 0.3) is 5.56 Å². The second-order valence-electron chi connectivity index (χ2n) is 9.18. The first-order chi connectivity index (χ1) is 16.2. The van der Waals surface area contributed by atoms with E-state index in [-0.39, 0.29) is 18.2 Å². The number of esters is 1. The third-order valence-corrected chi connectivity index (χ3v) is 8.04. The number of fused-ring (bicyclic) bond motifs is 1. The van der Waals surface area contributed by atoms with E-state index < -0.39 is 23.3 Å². The van der Waals surface area contributed by atoms with E-state index in [1.54, 1.807) is 0 Å². The molecule has 1 aliphatic heterocycles. The highest BCUT2D eigenvalue weighted by atomic mass is 32.1. The van der Waals surface area contributed by atoms with Crippen LogP contribution in [0.3, 0.4) is 0 Å². The first-order valence-corrected chi connectivity index (χ1v) is 12.7. The molecule has 2 heterocycles. The normalized spacial score (nSPS) is 18.4. The molecule has 1 aliphatic carbocycles. The van der Waals surface area contributed by atoms with Gasteiger partial charge in [-0.05, 0) is 42.9 Å². The molecule has 0 N–H and O–H groups in total. The van der Waals surface area contributed by atoms with Gasteiger partial charge in [-0.3, -0.25) is 14.5 Å². The molecule has 0 unspecified atom stereocenters. The van der Waals surface area contributed by atoms with Gasteiger partial charge in [-0.25, -0.2) is 0 Å². The minimum atomic E-state index is -4.60. The Labute approximate surface area is 200 Å². The van der Waals surface area contributed by atoms with Crippen LogP contribution in [0.5, 0.6) is 0 Å². The van der Waals surface area contributed by atoms with Gasteiger partial charge in [0.2, 0.25) is 0 Å². The van der Waals surface area contributed by atoms with Gasteiger partial charge in [0.1, 0.15) is 0 Å². The number of halogens is 3. The summed E-state index contributed by atoms with van der Waals surface area (Å²) in [5, 5.41) is 0.466. The Morgan fingerprint density at radius 1 is 1.15 bits per heavy atom. The van der Waals surface area contributed by atoms with Crippen molar-refractivity contribution in [1.82, 2.24) is 9.88 Å². The van der Waals surface area contributed by atoms with Gasteiger partial charge in [0, 0.05) is 43.8 Å². The molecule has 1 aromatic heterocycles. The van der Waals surface area contributed by atoms with Gasteiger partial charge in [0.05, 0.1) is 18.1 Å². The van der Waals surface area contributed by atoms with Crippen molar-refractivity contribution < 1.29 is 22.7 Å². The summed E-state index contributed by atoms with van der Waals surface area (Å²) in [4.78, 5) is 33.1. The summed E-state index contributed by atoms with van der Waals surface area (Å²) in [5.41, 5.74) is -1.26. The lowest BCUT2D eigenvalue weighted by Crippen LogP contribution is -2.48. The van der Waals surface area contributed by atoms with E-state index in [1.165, 1.54) is 50.6 Å². The van der Waals surface area contributed by atoms with Crippen LogP contribution in [0.25, 0.3) is 10.1 Å². The second-order valence-corrected chi connectivity index (χ2v) is 10.2. The topological polar surface area (TPSA) is 62.7 Å². The van der Waals surface area contributed by atoms with Crippen LogP contribution in [0, 0.1) is 5.92 Å². The highest BCUT2D eigenvalue weighted by Gasteiger charge is 2.32. The number of ether oxygens (including phenoxy) is 1. The Hall–Kier alpha value is -2.20. The van der Waals surface area contributed by atoms with Crippen LogP contribution in [0.1, 0.15) is 49.7 Å². The first-order valence-electron chi connectivity index (χ1n) is 11.8. The van der Waals surface area contributed by atoms with Gasteiger partial charge in [-0.2, -0.15) is 18.2 Å². The monoisotopic (exact) mass is 497 g/mol. The molecule has 1 saturated heterocycles. The van der Waals surface area contributed by atoms with Crippen LogP contribution in [-0.4, -0.2) is 55.7 Å². The molecule has 2 fully saturated rings. The molecule has 2 aliphatic rings. The highest BCUT2D eigenvalue weighted by molar-refractivity contribution is 7.21. The van der Waals surface area contributed by atoms with Gasteiger partial charge in [0.15, 0.2) is 5.13 Å². The van der Waals surface area contributed by atoms with Crippen molar-refractivity contribution in [2.75, 3.05) is 44.7 Å². The number of piperazine rings is 1. The number of aryl methyl sites for hydroxylation is 1. The van der Waals surface area contributed by atoms with Gasteiger partial charge < -0.3 is 9.64 Å². The Balaban J connectivity index is 1.56. The molecule has 4 rings (SSSR count). The number of anilines is 1. The summed E-state index contributed by atoms with van der Waals surface area (Å²) in [6.45, 7) is 4.30. The van der Waals surface area contributed by atoms with E-state index in [1.807, 2.05) is 4.90 Å². The summed E-state index contributed by atoms with van der Waals surface area (Å²) in [6.07, 6.45) is 1.95. The fourth-order valence-electron chi connectivity index (χ4n) is 4.91. The molecule has 34 heavy (non-hydrogen) atoms. The third kappa shape index (κ3) is 5.89. The molecule has 0 spiro atoms. The van der Waals surface area contributed by atoms with Crippen LogP contribution < -0.4 is 10.5 Å². The van der Waals surface area contributed by atoms with Crippen molar-refractivity contribution in [3.63, 3.8) is 0 Å². The Bertz CT molecular complexity index is 1070. The lowest BCUT2D eigenvalue weighted by atomic mass is 9.89. The SMILES string of the molecule is COC(=O)CCc1cc(C(F)(F)F)cc2c(=O)nc(N3CCN(CC4CCCCC4)CC3)sc12. The molecule has 2 aromatic rings. The number of hydrogen-bond donors (Lipinski definition) is 0. The molecule has 186 valence electrons. The Kier molecular flexibility index (Phi) is 7.77. The maximum Gasteiger partial charge on any atom is 0.416 e. The van der Waals surface area contributed by atoms with Gasteiger partial charge >= 0.3 is 12.1 Å². The van der Waals surface area contributed by atoms with Crippen molar-refractivity contribution in [2.45, 2.75) is 51.1 Å². The van der Waals surface area contributed by atoms with Crippen LogP contribution >= 0.6 is 11.3 Å². The number of carbonyl (C=O) groups is 1. The fourth-order valence-corrected chi connectivity index (χ4v) is 6.08. The molecular formula is C24H30F3N3O3S. The summed E-state index contributed by atoms with van der Waals surface area (Å²) in [5.74, 6) is 0.247. The molecule has 0 amide bonds. The third-order valence-electron chi connectivity index (χ3n) is 6.82. The van der Waals surface area contributed by atoms with Crippen molar-refractivity contribution in [3.05, 3.63) is 33.6 Å². The molecular weight excluding hydrogens is 467 g/mol. The van der Waals surface area contributed by atoms with Crippen LogP contribution in [-0.2, 0) is 22.1 Å². The highest BCUT2D eigenvalue weighted by Crippen LogP contribution is 2.36. The van der Waals surface area contributed by atoms with Gasteiger partial charge in [-0.1, -0.05) is 30.6 Å². The number of methoxy groups -OCH3 is 1. The lowest BCUT2D eigenvalue weighted by Gasteiger charge is -2.37. The van der Waals surface area contributed by atoms with Crippen molar-refractivity contribution in [1.29, 1.82) is 0 Å². The standard InChI is InChI=1S/C24H30F3N3O3S/c1-33-20(31)8-7-17-13-18(24(25,26)27)14-19-21(17)34-23(28-22(19)32)30-11-9-29(10-12-30)15-16-5-3-2-4-6-16/h13-14,16H,2-12,15H2,1H3. The predicted octanol–water partition coefficient (Wildman–Crippen LogP) is 4.48.